The van der Waals surface area contributed by atoms with E-state index in [0.29, 0.717) is 5.89 Å². The van der Waals surface area contributed by atoms with Gasteiger partial charge >= 0.3 is 0 Å². The molecule has 19 heavy (non-hydrogen) atoms. The molecular formula is C16H14BrNO. The second-order valence-corrected chi connectivity index (χ2v) is 5.77. The van der Waals surface area contributed by atoms with E-state index in [1.807, 2.05) is 18.2 Å². The molecule has 0 unspecified atom stereocenters. The molecule has 1 aromatic heterocycles. The van der Waals surface area contributed by atoms with Crippen molar-refractivity contribution >= 4 is 27.0 Å². The summed E-state index contributed by atoms with van der Waals surface area (Å²) in [5.74, 6) is 0.671. The Balaban J connectivity index is 2.20. The van der Waals surface area contributed by atoms with Gasteiger partial charge in [-0.15, -0.1) is 0 Å². The highest BCUT2D eigenvalue weighted by molar-refractivity contribution is 9.10. The lowest BCUT2D eigenvalue weighted by Crippen LogP contribution is -1.83. The van der Waals surface area contributed by atoms with Crippen molar-refractivity contribution < 1.29 is 4.42 Å². The van der Waals surface area contributed by atoms with Crippen molar-refractivity contribution in [3.8, 4) is 11.5 Å². The Morgan fingerprint density at radius 3 is 2.53 bits per heavy atom. The van der Waals surface area contributed by atoms with Crippen LogP contribution in [0.2, 0.25) is 0 Å². The Bertz CT molecular complexity index is 774. The summed E-state index contributed by atoms with van der Waals surface area (Å²) >= 11 is 3.53. The van der Waals surface area contributed by atoms with Crippen molar-refractivity contribution in [2.24, 2.45) is 0 Å². The highest BCUT2D eigenvalue weighted by atomic mass is 79.9. The summed E-state index contributed by atoms with van der Waals surface area (Å²) in [7, 11) is 0. The van der Waals surface area contributed by atoms with Gasteiger partial charge in [-0.1, -0.05) is 6.07 Å². The lowest BCUT2D eigenvalue weighted by molar-refractivity contribution is 0.618. The highest BCUT2D eigenvalue weighted by Crippen LogP contribution is 2.31. The number of fused-ring (bicyclic) bond motifs is 1. The van der Waals surface area contributed by atoms with Crippen molar-refractivity contribution in [3.63, 3.8) is 0 Å². The summed E-state index contributed by atoms with van der Waals surface area (Å²) in [6, 6.07) is 10.3. The fourth-order valence-electron chi connectivity index (χ4n) is 2.12. The maximum absolute atomic E-state index is 5.88. The van der Waals surface area contributed by atoms with E-state index in [4.69, 9.17) is 4.42 Å². The van der Waals surface area contributed by atoms with Crippen LogP contribution in [0.15, 0.2) is 39.2 Å². The van der Waals surface area contributed by atoms with Gasteiger partial charge in [-0.3, -0.25) is 0 Å². The van der Waals surface area contributed by atoms with Gasteiger partial charge in [0.1, 0.15) is 5.52 Å². The molecule has 3 rings (SSSR count). The van der Waals surface area contributed by atoms with Gasteiger partial charge in [-0.25, -0.2) is 4.98 Å². The van der Waals surface area contributed by atoms with E-state index >= 15 is 0 Å². The zero-order chi connectivity index (χ0) is 13.6. The molecule has 2 aromatic carbocycles. The summed E-state index contributed by atoms with van der Waals surface area (Å²) in [6.07, 6.45) is 0. The van der Waals surface area contributed by atoms with Gasteiger partial charge in [0.05, 0.1) is 4.47 Å². The van der Waals surface area contributed by atoms with Crippen LogP contribution in [-0.2, 0) is 0 Å². The Morgan fingerprint density at radius 2 is 1.79 bits per heavy atom. The largest absolute Gasteiger partial charge is 0.435 e. The van der Waals surface area contributed by atoms with Gasteiger partial charge in [0.2, 0.25) is 5.89 Å². The van der Waals surface area contributed by atoms with Crippen molar-refractivity contribution in [2.75, 3.05) is 0 Å². The summed E-state index contributed by atoms with van der Waals surface area (Å²) < 4.78 is 6.83. The molecule has 3 heteroatoms. The Kier molecular flexibility index (Phi) is 2.94. The van der Waals surface area contributed by atoms with Crippen LogP contribution in [0, 0.1) is 20.8 Å². The summed E-state index contributed by atoms with van der Waals surface area (Å²) in [5, 5.41) is 0. The fraction of sp³-hybridized carbons (Fsp3) is 0.188. The Hall–Kier alpha value is -1.61. The number of hydrogen-bond donors (Lipinski definition) is 0. The predicted octanol–water partition coefficient (Wildman–Crippen LogP) is 5.18. The van der Waals surface area contributed by atoms with Crippen LogP contribution in [-0.4, -0.2) is 4.98 Å². The molecule has 0 aliphatic rings. The van der Waals surface area contributed by atoms with Gasteiger partial charge in [0, 0.05) is 5.56 Å². The van der Waals surface area contributed by atoms with E-state index in [1.165, 1.54) is 16.7 Å². The van der Waals surface area contributed by atoms with Crippen LogP contribution < -0.4 is 0 Å². The first-order valence-electron chi connectivity index (χ1n) is 6.19. The smallest absolute Gasteiger partial charge is 0.227 e. The summed E-state index contributed by atoms with van der Waals surface area (Å²) in [6.45, 7) is 6.25. The quantitative estimate of drug-likeness (QED) is 0.618. The Morgan fingerprint density at radius 1 is 1.00 bits per heavy atom. The number of aryl methyl sites for hydroxylation is 3. The molecule has 0 radical (unpaired) electrons. The minimum atomic E-state index is 0.671. The number of benzene rings is 2. The molecule has 0 atom stereocenters. The van der Waals surface area contributed by atoms with Gasteiger partial charge in [-0.2, -0.15) is 0 Å². The van der Waals surface area contributed by atoms with Gasteiger partial charge < -0.3 is 4.42 Å². The zero-order valence-corrected chi connectivity index (χ0v) is 12.7. The molecule has 0 bridgehead atoms. The molecule has 96 valence electrons. The lowest BCUT2D eigenvalue weighted by Gasteiger charge is -2.01. The standard InChI is InChI=1S/C16H14BrNO/c1-9-6-13(17)15-14(7-9)18-16(19-15)12-5-4-10(2)11(3)8-12/h4-8H,1-3H3. The normalized spacial score (nSPS) is 11.2. The van der Waals surface area contributed by atoms with Crippen molar-refractivity contribution in [1.29, 1.82) is 0 Å². The molecule has 0 spiro atoms. The minimum absolute atomic E-state index is 0.671. The monoisotopic (exact) mass is 315 g/mol. The number of oxazole rings is 1. The Labute approximate surface area is 120 Å². The SMILES string of the molecule is Cc1cc(Br)c2oc(-c3ccc(C)c(C)c3)nc2c1. The van der Waals surface area contributed by atoms with E-state index in [9.17, 15) is 0 Å². The van der Waals surface area contributed by atoms with Crippen LogP contribution in [0.5, 0.6) is 0 Å². The van der Waals surface area contributed by atoms with E-state index in [-0.39, 0.29) is 0 Å². The highest BCUT2D eigenvalue weighted by Gasteiger charge is 2.11. The zero-order valence-electron chi connectivity index (χ0n) is 11.1. The first-order valence-corrected chi connectivity index (χ1v) is 6.98. The molecule has 0 fully saturated rings. The number of aromatic nitrogens is 1. The molecule has 0 amide bonds. The van der Waals surface area contributed by atoms with E-state index in [2.05, 4.69) is 53.8 Å². The number of hydrogen-bond acceptors (Lipinski definition) is 2. The average Bonchev–Trinajstić information content (AvgIpc) is 2.76. The molecule has 3 aromatic rings. The van der Waals surface area contributed by atoms with E-state index < -0.39 is 0 Å². The first-order chi connectivity index (χ1) is 9.04. The third kappa shape index (κ3) is 2.19. The number of rotatable bonds is 1. The van der Waals surface area contributed by atoms with Gasteiger partial charge in [0.25, 0.3) is 0 Å². The van der Waals surface area contributed by atoms with Crippen LogP contribution in [0.4, 0.5) is 0 Å². The van der Waals surface area contributed by atoms with Crippen molar-refractivity contribution in [2.45, 2.75) is 20.8 Å². The maximum Gasteiger partial charge on any atom is 0.227 e. The van der Waals surface area contributed by atoms with E-state index in [0.717, 1.165) is 21.1 Å². The van der Waals surface area contributed by atoms with Crippen LogP contribution in [0.1, 0.15) is 16.7 Å². The molecule has 0 aliphatic carbocycles. The molecule has 0 N–H and O–H groups in total. The molecular weight excluding hydrogens is 302 g/mol. The van der Waals surface area contributed by atoms with Crippen LogP contribution >= 0.6 is 15.9 Å². The van der Waals surface area contributed by atoms with Crippen LogP contribution in [0.3, 0.4) is 0 Å². The second kappa shape index (κ2) is 4.49. The molecule has 0 saturated heterocycles. The van der Waals surface area contributed by atoms with Gasteiger partial charge in [-0.05, 0) is 77.7 Å². The number of nitrogens with zero attached hydrogens (tertiary/aromatic N) is 1. The van der Waals surface area contributed by atoms with Gasteiger partial charge in [0.15, 0.2) is 5.58 Å². The minimum Gasteiger partial charge on any atom is -0.435 e. The summed E-state index contributed by atoms with van der Waals surface area (Å²) in [4.78, 5) is 4.58. The molecule has 0 saturated carbocycles. The lowest BCUT2D eigenvalue weighted by atomic mass is 10.1. The molecule has 0 aliphatic heterocycles. The topological polar surface area (TPSA) is 26.0 Å². The van der Waals surface area contributed by atoms with Crippen LogP contribution in [0.25, 0.3) is 22.6 Å². The third-order valence-electron chi connectivity index (χ3n) is 3.34. The first kappa shape index (κ1) is 12.4. The fourth-order valence-corrected chi connectivity index (χ4v) is 2.77. The van der Waals surface area contributed by atoms with E-state index in [1.54, 1.807) is 0 Å². The van der Waals surface area contributed by atoms with Crippen molar-refractivity contribution in [1.82, 2.24) is 4.98 Å². The molecule has 2 nitrogen and oxygen atoms in total. The summed E-state index contributed by atoms with van der Waals surface area (Å²) in [5.41, 5.74) is 6.40. The molecule has 1 heterocycles. The van der Waals surface area contributed by atoms with Crippen molar-refractivity contribution in [3.05, 3.63) is 51.5 Å². The predicted molar refractivity (Wildman–Crippen MR) is 81.4 cm³/mol. The second-order valence-electron chi connectivity index (χ2n) is 4.91. The third-order valence-corrected chi connectivity index (χ3v) is 3.93. The average molecular weight is 316 g/mol. The number of halogens is 1. The maximum atomic E-state index is 5.88.